The summed E-state index contributed by atoms with van der Waals surface area (Å²) in [6.07, 6.45) is 0. The summed E-state index contributed by atoms with van der Waals surface area (Å²) in [5.74, 6) is 0. The van der Waals surface area contributed by atoms with Crippen LogP contribution in [0, 0.1) is 0 Å². The summed E-state index contributed by atoms with van der Waals surface area (Å²) in [7, 11) is -1.89. The SMILES string of the molecule is CN(Cc1csc(Br)c1)S(=O)(=O)c1ccsc1CN. The molecule has 19 heavy (non-hydrogen) atoms. The predicted molar refractivity (Wildman–Crippen MR) is 82.9 cm³/mol. The molecule has 0 unspecified atom stereocenters. The minimum atomic E-state index is -3.47. The van der Waals surface area contributed by atoms with Crippen LogP contribution in [0.2, 0.25) is 0 Å². The van der Waals surface area contributed by atoms with Crippen LogP contribution in [-0.2, 0) is 23.1 Å². The van der Waals surface area contributed by atoms with Gasteiger partial charge in [-0.1, -0.05) is 0 Å². The van der Waals surface area contributed by atoms with Gasteiger partial charge in [0, 0.05) is 25.0 Å². The van der Waals surface area contributed by atoms with E-state index in [0.717, 1.165) is 9.35 Å². The monoisotopic (exact) mass is 380 g/mol. The second-order valence-electron chi connectivity index (χ2n) is 3.93. The van der Waals surface area contributed by atoms with Gasteiger partial charge in [0.2, 0.25) is 10.0 Å². The fourth-order valence-electron chi connectivity index (χ4n) is 1.65. The van der Waals surface area contributed by atoms with Crippen LogP contribution in [-0.4, -0.2) is 19.8 Å². The number of sulfonamides is 1. The van der Waals surface area contributed by atoms with Crippen LogP contribution < -0.4 is 5.73 Å². The quantitative estimate of drug-likeness (QED) is 0.866. The third-order valence-corrected chi connectivity index (χ3v) is 7.12. The van der Waals surface area contributed by atoms with Crippen molar-refractivity contribution in [3.63, 3.8) is 0 Å². The lowest BCUT2D eigenvalue weighted by Crippen LogP contribution is -2.26. The molecule has 0 aromatic carbocycles. The summed E-state index contributed by atoms with van der Waals surface area (Å²) < 4.78 is 27.2. The second-order valence-corrected chi connectivity index (χ2v) is 9.24. The van der Waals surface area contributed by atoms with Gasteiger partial charge < -0.3 is 5.73 Å². The molecule has 2 heterocycles. The number of nitrogens with two attached hydrogens (primary N) is 1. The second kappa shape index (κ2) is 6.02. The van der Waals surface area contributed by atoms with Crippen molar-refractivity contribution in [1.82, 2.24) is 4.31 Å². The van der Waals surface area contributed by atoms with E-state index in [1.54, 1.807) is 18.5 Å². The summed E-state index contributed by atoms with van der Waals surface area (Å²) in [5, 5.41) is 3.69. The Balaban J connectivity index is 2.24. The fourth-order valence-corrected chi connectivity index (χ4v) is 5.31. The Labute approximate surface area is 129 Å². The molecule has 0 atom stereocenters. The Hall–Kier alpha value is -0.250. The molecular formula is C11H13BrN2O2S3. The van der Waals surface area contributed by atoms with Gasteiger partial charge in [0.15, 0.2) is 0 Å². The van der Waals surface area contributed by atoms with E-state index in [9.17, 15) is 8.42 Å². The number of thiophene rings is 2. The number of hydrogen-bond donors (Lipinski definition) is 1. The standard InChI is InChI=1S/C11H13BrN2O2S3/c1-14(6-8-4-11(12)18-7-8)19(15,16)10-2-3-17-9(10)5-13/h2-4,7H,5-6,13H2,1H3. The third kappa shape index (κ3) is 3.26. The molecule has 2 aromatic heterocycles. The molecule has 0 amide bonds. The van der Waals surface area contributed by atoms with Crippen LogP contribution in [0.5, 0.6) is 0 Å². The average Bonchev–Trinajstić information content (AvgIpc) is 2.97. The fraction of sp³-hybridized carbons (Fsp3) is 0.273. The highest BCUT2D eigenvalue weighted by Gasteiger charge is 2.24. The molecule has 0 aliphatic heterocycles. The van der Waals surface area contributed by atoms with E-state index in [1.807, 2.05) is 11.4 Å². The highest BCUT2D eigenvalue weighted by molar-refractivity contribution is 9.11. The van der Waals surface area contributed by atoms with E-state index < -0.39 is 10.0 Å². The number of rotatable bonds is 5. The lowest BCUT2D eigenvalue weighted by atomic mass is 10.3. The Morgan fingerprint density at radius 3 is 2.74 bits per heavy atom. The Bertz CT molecular complexity index is 663. The van der Waals surface area contributed by atoms with Gasteiger partial charge in [-0.15, -0.1) is 22.7 Å². The number of hydrogen-bond acceptors (Lipinski definition) is 5. The molecule has 0 saturated carbocycles. The van der Waals surface area contributed by atoms with Crippen LogP contribution in [0.4, 0.5) is 0 Å². The lowest BCUT2D eigenvalue weighted by Gasteiger charge is -2.16. The molecule has 0 fully saturated rings. The largest absolute Gasteiger partial charge is 0.326 e. The number of nitrogens with zero attached hydrogens (tertiary/aromatic N) is 1. The first-order valence-corrected chi connectivity index (χ1v) is 9.40. The molecule has 0 radical (unpaired) electrons. The van der Waals surface area contributed by atoms with Crippen molar-refractivity contribution in [3.8, 4) is 0 Å². The summed E-state index contributed by atoms with van der Waals surface area (Å²) in [6.45, 7) is 0.592. The molecule has 2 N–H and O–H groups in total. The average molecular weight is 381 g/mol. The van der Waals surface area contributed by atoms with Crippen molar-refractivity contribution in [2.45, 2.75) is 18.0 Å². The molecule has 4 nitrogen and oxygen atoms in total. The third-order valence-electron chi connectivity index (χ3n) is 2.61. The maximum Gasteiger partial charge on any atom is 0.244 e. The molecule has 0 spiro atoms. The van der Waals surface area contributed by atoms with E-state index in [1.165, 1.54) is 27.0 Å². The van der Waals surface area contributed by atoms with E-state index in [-0.39, 0.29) is 6.54 Å². The molecular weight excluding hydrogens is 368 g/mol. The van der Waals surface area contributed by atoms with Gasteiger partial charge >= 0.3 is 0 Å². The highest BCUT2D eigenvalue weighted by atomic mass is 79.9. The minimum Gasteiger partial charge on any atom is -0.326 e. The van der Waals surface area contributed by atoms with Crippen LogP contribution in [0.25, 0.3) is 0 Å². The summed E-state index contributed by atoms with van der Waals surface area (Å²) in [6, 6.07) is 3.54. The molecule has 0 saturated heterocycles. The minimum absolute atomic E-state index is 0.240. The molecule has 2 aromatic rings. The Morgan fingerprint density at radius 2 is 2.16 bits per heavy atom. The van der Waals surface area contributed by atoms with Crippen LogP contribution in [0.15, 0.2) is 31.6 Å². The van der Waals surface area contributed by atoms with Gasteiger partial charge in [-0.25, -0.2) is 8.42 Å². The maximum atomic E-state index is 12.5. The molecule has 2 rings (SSSR count). The first-order chi connectivity index (χ1) is 8.95. The smallest absolute Gasteiger partial charge is 0.244 e. The summed E-state index contributed by atoms with van der Waals surface area (Å²) in [4.78, 5) is 1.01. The molecule has 104 valence electrons. The number of halogens is 1. The molecule has 0 aliphatic carbocycles. The Kier molecular flexibility index (Phi) is 4.80. The van der Waals surface area contributed by atoms with Gasteiger partial charge in [-0.2, -0.15) is 4.31 Å². The normalized spacial score (nSPS) is 12.2. The topological polar surface area (TPSA) is 63.4 Å². The van der Waals surface area contributed by atoms with Crippen molar-refractivity contribution >= 4 is 48.6 Å². The molecule has 0 bridgehead atoms. The van der Waals surface area contributed by atoms with E-state index >= 15 is 0 Å². The zero-order chi connectivity index (χ0) is 14.0. The van der Waals surface area contributed by atoms with Crippen LogP contribution in [0.3, 0.4) is 0 Å². The van der Waals surface area contributed by atoms with Gasteiger partial charge in [0.1, 0.15) is 0 Å². The van der Waals surface area contributed by atoms with Crippen molar-refractivity contribution in [2.75, 3.05) is 7.05 Å². The van der Waals surface area contributed by atoms with E-state index in [0.29, 0.717) is 16.3 Å². The zero-order valence-electron chi connectivity index (χ0n) is 10.2. The summed E-state index contributed by atoms with van der Waals surface area (Å²) in [5.41, 5.74) is 6.54. The van der Waals surface area contributed by atoms with Gasteiger partial charge in [0.05, 0.1) is 8.68 Å². The van der Waals surface area contributed by atoms with Crippen molar-refractivity contribution in [2.24, 2.45) is 5.73 Å². The van der Waals surface area contributed by atoms with Gasteiger partial charge in [0.25, 0.3) is 0 Å². The van der Waals surface area contributed by atoms with Crippen molar-refractivity contribution < 1.29 is 8.42 Å². The van der Waals surface area contributed by atoms with E-state index in [4.69, 9.17) is 5.73 Å². The lowest BCUT2D eigenvalue weighted by molar-refractivity contribution is 0.467. The van der Waals surface area contributed by atoms with Gasteiger partial charge in [-0.05, 0) is 44.4 Å². The van der Waals surface area contributed by atoms with E-state index in [2.05, 4.69) is 15.9 Å². The first-order valence-electron chi connectivity index (χ1n) is 5.41. The summed E-state index contributed by atoms with van der Waals surface area (Å²) >= 11 is 6.28. The first kappa shape index (κ1) is 15.1. The van der Waals surface area contributed by atoms with Crippen molar-refractivity contribution in [1.29, 1.82) is 0 Å². The molecule has 0 aliphatic rings. The molecule has 8 heteroatoms. The Morgan fingerprint density at radius 1 is 1.42 bits per heavy atom. The van der Waals surface area contributed by atoms with Crippen LogP contribution >= 0.6 is 38.6 Å². The van der Waals surface area contributed by atoms with Crippen LogP contribution in [0.1, 0.15) is 10.4 Å². The maximum absolute atomic E-state index is 12.5. The predicted octanol–water partition coefficient (Wildman–Crippen LogP) is 2.85. The highest BCUT2D eigenvalue weighted by Crippen LogP contribution is 2.27. The zero-order valence-corrected chi connectivity index (χ0v) is 14.2. The van der Waals surface area contributed by atoms with Crippen molar-refractivity contribution in [3.05, 3.63) is 37.1 Å². The van der Waals surface area contributed by atoms with Gasteiger partial charge in [-0.3, -0.25) is 0 Å².